The van der Waals surface area contributed by atoms with Gasteiger partial charge in [0.1, 0.15) is 36.6 Å². The second-order valence-corrected chi connectivity index (χ2v) is 3.34. The second kappa shape index (κ2) is 6.86. The molecule has 0 amide bonds. The van der Waals surface area contributed by atoms with Crippen LogP contribution < -0.4 is 0 Å². The van der Waals surface area contributed by atoms with E-state index < -0.39 is 43.2 Å². The first-order valence-electron chi connectivity index (χ1n) is 4.51. The summed E-state index contributed by atoms with van der Waals surface area (Å²) in [5.41, 5.74) is 0. The number of hydrogen-bond donors (Lipinski definition) is 7. The van der Waals surface area contributed by atoms with Crippen molar-refractivity contribution in [2.45, 2.75) is 36.6 Å². The van der Waals surface area contributed by atoms with E-state index in [1.54, 1.807) is 0 Å². The van der Waals surface area contributed by atoms with Crippen molar-refractivity contribution in [1.82, 2.24) is 0 Å². The van der Waals surface area contributed by atoms with Gasteiger partial charge in [-0.15, -0.1) is 0 Å². The highest BCUT2D eigenvalue weighted by Gasteiger charge is 2.36. The Labute approximate surface area is 91.0 Å². The molecule has 2 unspecified atom stereocenters. The summed E-state index contributed by atoms with van der Waals surface area (Å²) in [5.74, 6) is 0. The van der Waals surface area contributed by atoms with Gasteiger partial charge in [0.15, 0.2) is 6.29 Å². The number of hydrogen-bond acceptors (Lipinski definition) is 8. The molecule has 0 aliphatic carbocycles. The molecule has 0 saturated heterocycles. The molecule has 8 heteroatoms. The maximum atomic E-state index is 10.1. The molecular formula is C8H16O8. The molecule has 16 heavy (non-hydrogen) atoms. The van der Waals surface area contributed by atoms with Gasteiger partial charge in [-0.05, 0) is 0 Å². The molecule has 0 saturated carbocycles. The Hall–Kier alpha value is -0.610. The first kappa shape index (κ1) is 15.4. The summed E-state index contributed by atoms with van der Waals surface area (Å²) >= 11 is 0. The Kier molecular flexibility index (Phi) is 6.60. The molecule has 0 aliphatic heterocycles. The lowest BCUT2D eigenvalue weighted by Crippen LogP contribution is -2.53. The van der Waals surface area contributed by atoms with Crippen LogP contribution in [0.4, 0.5) is 0 Å². The highest BCUT2D eigenvalue weighted by atomic mass is 16.4. The van der Waals surface area contributed by atoms with Crippen LogP contribution in [0, 0.1) is 0 Å². The molecule has 0 fully saturated rings. The number of aliphatic hydroxyl groups excluding tert-OH is 7. The number of aliphatic hydroxyl groups is 7. The fraction of sp³-hybridized carbons (Fsp3) is 0.875. The van der Waals surface area contributed by atoms with Crippen molar-refractivity contribution in [1.29, 1.82) is 0 Å². The van der Waals surface area contributed by atoms with Gasteiger partial charge in [-0.25, -0.2) is 0 Å². The first-order chi connectivity index (χ1) is 7.36. The minimum atomic E-state index is -2.05. The fourth-order valence-electron chi connectivity index (χ4n) is 1.02. The average molecular weight is 240 g/mol. The molecule has 0 aromatic heterocycles. The average Bonchev–Trinajstić information content (AvgIpc) is 2.32. The molecule has 6 atom stereocenters. The van der Waals surface area contributed by atoms with Crippen LogP contribution in [0.1, 0.15) is 0 Å². The van der Waals surface area contributed by atoms with Crippen LogP contribution in [0.5, 0.6) is 0 Å². The summed E-state index contributed by atoms with van der Waals surface area (Å²) in [6, 6.07) is 0. The first-order valence-corrected chi connectivity index (χ1v) is 4.51. The largest absolute Gasteiger partial charge is 0.394 e. The predicted octanol–water partition coefficient (Wildman–Crippen LogP) is -4.66. The molecule has 8 nitrogen and oxygen atoms in total. The quantitative estimate of drug-likeness (QED) is 0.219. The van der Waals surface area contributed by atoms with Gasteiger partial charge in [-0.3, -0.25) is 0 Å². The molecule has 0 rings (SSSR count). The van der Waals surface area contributed by atoms with E-state index in [9.17, 15) is 15.0 Å². The maximum absolute atomic E-state index is 10.1. The summed E-state index contributed by atoms with van der Waals surface area (Å²) in [7, 11) is 0. The van der Waals surface area contributed by atoms with Crippen molar-refractivity contribution in [3.63, 3.8) is 0 Å². The molecule has 0 bridgehead atoms. The van der Waals surface area contributed by atoms with Gasteiger partial charge in [0, 0.05) is 0 Å². The zero-order chi connectivity index (χ0) is 12.9. The van der Waals surface area contributed by atoms with Crippen LogP contribution in [0.15, 0.2) is 0 Å². The van der Waals surface area contributed by atoms with Gasteiger partial charge < -0.3 is 40.5 Å². The Balaban J connectivity index is 4.47. The molecule has 0 aliphatic rings. The third kappa shape index (κ3) is 3.76. The zero-order valence-electron chi connectivity index (χ0n) is 8.29. The van der Waals surface area contributed by atoms with E-state index in [1.807, 2.05) is 0 Å². The highest BCUT2D eigenvalue weighted by molar-refractivity contribution is 5.56. The van der Waals surface area contributed by atoms with Gasteiger partial charge in [0.25, 0.3) is 0 Å². The van der Waals surface area contributed by atoms with Crippen LogP contribution >= 0.6 is 0 Å². The van der Waals surface area contributed by atoms with Crippen LogP contribution in [-0.4, -0.2) is 85.3 Å². The molecule has 0 aromatic carbocycles. The molecule has 0 spiro atoms. The summed E-state index contributed by atoms with van der Waals surface area (Å²) in [4.78, 5) is 10.1. The number of carbonyl (C=O) groups excluding carboxylic acids is 1. The van der Waals surface area contributed by atoms with Crippen LogP contribution in [0.25, 0.3) is 0 Å². The van der Waals surface area contributed by atoms with Crippen LogP contribution in [0.2, 0.25) is 0 Å². The van der Waals surface area contributed by atoms with E-state index in [4.69, 9.17) is 25.5 Å². The van der Waals surface area contributed by atoms with Crippen molar-refractivity contribution < 1.29 is 40.5 Å². The number of aldehydes is 1. The molecule has 0 heterocycles. The van der Waals surface area contributed by atoms with E-state index in [2.05, 4.69) is 0 Å². The van der Waals surface area contributed by atoms with E-state index in [1.165, 1.54) is 0 Å². The summed E-state index contributed by atoms with van der Waals surface area (Å²) < 4.78 is 0. The molecular weight excluding hydrogens is 224 g/mol. The van der Waals surface area contributed by atoms with Gasteiger partial charge >= 0.3 is 0 Å². The van der Waals surface area contributed by atoms with Gasteiger partial charge in [-0.1, -0.05) is 0 Å². The van der Waals surface area contributed by atoms with Crippen molar-refractivity contribution in [3.05, 3.63) is 0 Å². The lowest BCUT2D eigenvalue weighted by Gasteiger charge is -2.29. The normalized spacial score (nSPS) is 22.9. The van der Waals surface area contributed by atoms with Crippen molar-refractivity contribution in [3.8, 4) is 0 Å². The monoisotopic (exact) mass is 240 g/mol. The summed E-state index contributed by atoms with van der Waals surface area (Å²) in [5, 5.41) is 63.0. The van der Waals surface area contributed by atoms with Crippen LogP contribution in [0.3, 0.4) is 0 Å². The second-order valence-electron chi connectivity index (χ2n) is 3.34. The Morgan fingerprint density at radius 1 is 0.812 bits per heavy atom. The summed E-state index contributed by atoms with van der Waals surface area (Å²) in [6.07, 6.45) is -11.7. The standard InChI is InChI=1S/C8H16O8/c9-1-3(11)5(13)7(15)8(16)6(14)4(12)2-10/h1,3-8,10-16H,2H2/t3-,4?,5+,6?,7+,8+/m0/s1. The minimum Gasteiger partial charge on any atom is -0.394 e. The lowest BCUT2D eigenvalue weighted by atomic mass is 9.97. The minimum absolute atomic E-state index is 0.0601. The maximum Gasteiger partial charge on any atom is 0.151 e. The third-order valence-electron chi connectivity index (χ3n) is 2.12. The van der Waals surface area contributed by atoms with E-state index >= 15 is 0 Å². The lowest BCUT2D eigenvalue weighted by molar-refractivity contribution is -0.159. The molecule has 0 aromatic rings. The number of carbonyl (C=O) groups is 1. The van der Waals surface area contributed by atoms with Crippen molar-refractivity contribution in [2.24, 2.45) is 0 Å². The molecule has 96 valence electrons. The SMILES string of the molecule is O=C[C@H](O)[C@@H](O)[C@@H](O)[C@H](O)C(O)C(O)CO. The molecule has 7 N–H and O–H groups in total. The van der Waals surface area contributed by atoms with E-state index in [0.29, 0.717) is 0 Å². The summed E-state index contributed by atoms with van der Waals surface area (Å²) in [6.45, 7) is -0.864. The topological polar surface area (TPSA) is 159 Å². The number of rotatable bonds is 7. The van der Waals surface area contributed by atoms with Crippen LogP contribution in [-0.2, 0) is 4.79 Å². The Morgan fingerprint density at radius 3 is 1.62 bits per heavy atom. The predicted molar refractivity (Wildman–Crippen MR) is 49.2 cm³/mol. The smallest absolute Gasteiger partial charge is 0.151 e. The Bertz CT molecular complexity index is 210. The van der Waals surface area contributed by atoms with Gasteiger partial charge in [-0.2, -0.15) is 0 Å². The van der Waals surface area contributed by atoms with Gasteiger partial charge in [0.2, 0.25) is 0 Å². The third-order valence-corrected chi connectivity index (χ3v) is 2.12. The highest BCUT2D eigenvalue weighted by Crippen LogP contribution is 2.10. The fourth-order valence-corrected chi connectivity index (χ4v) is 1.02. The van der Waals surface area contributed by atoms with E-state index in [0.717, 1.165) is 0 Å². The van der Waals surface area contributed by atoms with Gasteiger partial charge in [0.05, 0.1) is 6.61 Å². The van der Waals surface area contributed by atoms with E-state index in [-0.39, 0.29) is 6.29 Å². The van der Waals surface area contributed by atoms with Crippen molar-refractivity contribution >= 4 is 6.29 Å². The van der Waals surface area contributed by atoms with Crippen molar-refractivity contribution in [2.75, 3.05) is 6.61 Å². The zero-order valence-corrected chi connectivity index (χ0v) is 8.29. The Morgan fingerprint density at radius 2 is 1.25 bits per heavy atom. The molecule has 0 radical (unpaired) electrons.